The second-order valence-electron chi connectivity index (χ2n) is 3.90. The minimum absolute atomic E-state index is 0.112. The topological polar surface area (TPSA) is 89.0 Å². The summed E-state index contributed by atoms with van der Waals surface area (Å²) in [7, 11) is 0. The number of pyridine rings is 1. The summed E-state index contributed by atoms with van der Waals surface area (Å²) in [6.07, 6.45) is 0. The summed E-state index contributed by atoms with van der Waals surface area (Å²) in [6, 6.07) is 9.60. The minimum atomic E-state index is -0.527. The number of hydrogen-bond donors (Lipinski definition) is 0. The second kappa shape index (κ2) is 5.67. The van der Waals surface area contributed by atoms with Crippen molar-refractivity contribution in [3.63, 3.8) is 0 Å². The van der Waals surface area contributed by atoms with Crippen molar-refractivity contribution in [3.8, 4) is 17.7 Å². The summed E-state index contributed by atoms with van der Waals surface area (Å²) in [5.41, 5.74) is 0.608. The average Bonchev–Trinajstić information content (AvgIpc) is 2.41. The predicted octanol–water partition coefficient (Wildman–Crippen LogP) is 3.72. The van der Waals surface area contributed by atoms with E-state index in [0.29, 0.717) is 10.0 Å². The lowest BCUT2D eigenvalue weighted by Gasteiger charge is -2.09. The van der Waals surface area contributed by atoms with E-state index in [0.717, 1.165) is 0 Å². The molecular formula is C13H8BrN3O3. The average molecular weight is 334 g/mol. The van der Waals surface area contributed by atoms with Gasteiger partial charge in [-0.15, -0.1) is 0 Å². The Balaban J connectivity index is 2.48. The van der Waals surface area contributed by atoms with E-state index in [2.05, 4.69) is 20.9 Å². The van der Waals surface area contributed by atoms with Crippen molar-refractivity contribution in [2.24, 2.45) is 0 Å². The highest BCUT2D eigenvalue weighted by molar-refractivity contribution is 9.10. The number of ether oxygens (including phenoxy) is 1. The molecule has 1 heterocycles. The summed E-state index contributed by atoms with van der Waals surface area (Å²) < 4.78 is 6.06. The molecule has 0 aliphatic heterocycles. The van der Waals surface area contributed by atoms with Crippen LogP contribution >= 0.6 is 15.9 Å². The summed E-state index contributed by atoms with van der Waals surface area (Å²) in [4.78, 5) is 14.5. The fourth-order valence-electron chi connectivity index (χ4n) is 1.62. The Hall–Kier alpha value is -2.46. The van der Waals surface area contributed by atoms with Crippen molar-refractivity contribution in [1.29, 1.82) is 5.26 Å². The van der Waals surface area contributed by atoms with Gasteiger partial charge in [0.2, 0.25) is 11.6 Å². The van der Waals surface area contributed by atoms with E-state index in [1.807, 2.05) is 6.07 Å². The highest BCUT2D eigenvalue weighted by atomic mass is 79.9. The molecule has 100 valence electrons. The van der Waals surface area contributed by atoms with Crippen LogP contribution in [0.2, 0.25) is 0 Å². The second-order valence-corrected chi connectivity index (χ2v) is 4.82. The lowest BCUT2D eigenvalue weighted by Crippen LogP contribution is -1.97. The summed E-state index contributed by atoms with van der Waals surface area (Å²) in [6.45, 7) is 1.70. The van der Waals surface area contributed by atoms with Crippen LogP contribution in [0.3, 0.4) is 0 Å². The van der Waals surface area contributed by atoms with Crippen molar-refractivity contribution in [2.45, 2.75) is 6.92 Å². The third-order valence-corrected chi connectivity index (χ3v) is 2.92. The molecule has 0 N–H and O–H groups in total. The van der Waals surface area contributed by atoms with E-state index in [4.69, 9.17) is 10.00 Å². The molecule has 0 saturated heterocycles. The molecule has 6 nitrogen and oxygen atoms in total. The van der Waals surface area contributed by atoms with Gasteiger partial charge in [0.25, 0.3) is 0 Å². The van der Waals surface area contributed by atoms with Gasteiger partial charge in [-0.1, -0.05) is 22.0 Å². The van der Waals surface area contributed by atoms with E-state index in [1.165, 1.54) is 18.2 Å². The summed E-state index contributed by atoms with van der Waals surface area (Å²) in [5, 5.41) is 19.9. The smallest absolute Gasteiger partial charge is 0.313 e. The lowest BCUT2D eigenvalue weighted by molar-refractivity contribution is -0.385. The zero-order valence-corrected chi connectivity index (χ0v) is 11.9. The van der Waals surface area contributed by atoms with Crippen LogP contribution in [-0.4, -0.2) is 9.91 Å². The van der Waals surface area contributed by atoms with Gasteiger partial charge in [-0.25, -0.2) is 4.98 Å². The van der Waals surface area contributed by atoms with Gasteiger partial charge in [-0.3, -0.25) is 10.1 Å². The molecule has 0 atom stereocenters. The van der Waals surface area contributed by atoms with Gasteiger partial charge in [0, 0.05) is 22.2 Å². The Morgan fingerprint density at radius 1 is 1.45 bits per heavy atom. The maximum atomic E-state index is 11.1. The van der Waals surface area contributed by atoms with Crippen LogP contribution in [0.15, 0.2) is 34.8 Å². The molecule has 0 radical (unpaired) electrons. The molecule has 0 bridgehead atoms. The number of aromatic nitrogens is 1. The van der Waals surface area contributed by atoms with E-state index >= 15 is 0 Å². The molecule has 0 unspecified atom stereocenters. The molecule has 0 saturated carbocycles. The van der Waals surface area contributed by atoms with Gasteiger partial charge in [-0.2, -0.15) is 5.26 Å². The molecule has 7 heteroatoms. The number of benzene rings is 1. The first-order valence-corrected chi connectivity index (χ1v) is 6.30. The highest BCUT2D eigenvalue weighted by Crippen LogP contribution is 2.36. The normalized spacial score (nSPS) is 9.85. The molecule has 1 aromatic heterocycles. The van der Waals surface area contributed by atoms with Crippen molar-refractivity contribution in [1.82, 2.24) is 4.98 Å². The first kappa shape index (κ1) is 14.0. The number of nitriles is 1. The standard InChI is InChI=1S/C13H8BrN3O3/c1-8-5-9(14)6-11(17(18)19)13(8)20-12-4-2-3-10(7-15)16-12/h2-6H,1H3. The Labute approximate surface area is 122 Å². The molecule has 2 aromatic rings. The largest absolute Gasteiger partial charge is 0.431 e. The Morgan fingerprint density at radius 2 is 2.20 bits per heavy atom. The maximum Gasteiger partial charge on any atom is 0.313 e. The number of aryl methyl sites for hydroxylation is 1. The van der Waals surface area contributed by atoms with E-state index in [1.54, 1.807) is 19.1 Å². The van der Waals surface area contributed by atoms with Gasteiger partial charge >= 0.3 is 5.69 Å². The zero-order chi connectivity index (χ0) is 14.7. The number of nitro benzene ring substituents is 1. The predicted molar refractivity (Wildman–Crippen MR) is 74.6 cm³/mol. The molecule has 1 aromatic carbocycles. The number of halogens is 1. The van der Waals surface area contributed by atoms with E-state index < -0.39 is 4.92 Å². The van der Waals surface area contributed by atoms with Crippen LogP contribution < -0.4 is 4.74 Å². The Kier molecular flexibility index (Phi) is 3.96. The molecule has 20 heavy (non-hydrogen) atoms. The third-order valence-electron chi connectivity index (χ3n) is 2.46. The van der Waals surface area contributed by atoms with Gasteiger partial charge in [0.1, 0.15) is 11.8 Å². The molecule has 0 aliphatic rings. The van der Waals surface area contributed by atoms with Crippen LogP contribution in [-0.2, 0) is 0 Å². The summed E-state index contributed by atoms with van der Waals surface area (Å²) >= 11 is 3.21. The quantitative estimate of drug-likeness (QED) is 0.630. The van der Waals surface area contributed by atoms with Crippen molar-refractivity contribution >= 4 is 21.6 Å². The maximum absolute atomic E-state index is 11.1. The lowest BCUT2D eigenvalue weighted by atomic mass is 10.2. The van der Waals surface area contributed by atoms with E-state index in [-0.39, 0.29) is 23.0 Å². The monoisotopic (exact) mass is 333 g/mol. The SMILES string of the molecule is Cc1cc(Br)cc([N+](=O)[O-])c1Oc1cccc(C#N)n1. The fourth-order valence-corrected chi connectivity index (χ4v) is 2.18. The Morgan fingerprint density at radius 3 is 2.85 bits per heavy atom. The number of nitrogens with zero attached hydrogens (tertiary/aromatic N) is 3. The molecule has 0 aliphatic carbocycles. The third kappa shape index (κ3) is 2.92. The first-order chi connectivity index (χ1) is 9.51. The van der Waals surface area contributed by atoms with Gasteiger partial charge < -0.3 is 4.74 Å². The van der Waals surface area contributed by atoms with Crippen LogP contribution in [0.1, 0.15) is 11.3 Å². The summed E-state index contributed by atoms with van der Waals surface area (Å²) in [5.74, 6) is 0.248. The van der Waals surface area contributed by atoms with Crippen molar-refractivity contribution < 1.29 is 9.66 Å². The molecule has 2 rings (SSSR count). The molecule has 0 spiro atoms. The van der Waals surface area contributed by atoms with Gasteiger partial charge in [0.05, 0.1) is 4.92 Å². The van der Waals surface area contributed by atoms with Crippen LogP contribution in [0.4, 0.5) is 5.69 Å². The number of rotatable bonds is 3. The number of nitro groups is 1. The van der Waals surface area contributed by atoms with Crippen LogP contribution in [0, 0.1) is 28.4 Å². The van der Waals surface area contributed by atoms with Crippen molar-refractivity contribution in [3.05, 3.63) is 56.2 Å². The zero-order valence-electron chi connectivity index (χ0n) is 10.3. The fraction of sp³-hybridized carbons (Fsp3) is 0.0769. The van der Waals surface area contributed by atoms with Crippen LogP contribution in [0.25, 0.3) is 0 Å². The Bertz CT molecular complexity index is 725. The number of hydrogen-bond acceptors (Lipinski definition) is 5. The minimum Gasteiger partial charge on any atom is -0.431 e. The first-order valence-electron chi connectivity index (χ1n) is 5.51. The molecular weight excluding hydrogens is 326 g/mol. The van der Waals surface area contributed by atoms with Crippen molar-refractivity contribution in [2.75, 3.05) is 0 Å². The molecule has 0 amide bonds. The van der Waals surface area contributed by atoms with E-state index in [9.17, 15) is 10.1 Å². The van der Waals surface area contributed by atoms with Crippen LogP contribution in [0.5, 0.6) is 11.6 Å². The highest BCUT2D eigenvalue weighted by Gasteiger charge is 2.20. The van der Waals surface area contributed by atoms with Gasteiger partial charge in [-0.05, 0) is 19.1 Å². The van der Waals surface area contributed by atoms with Gasteiger partial charge in [0.15, 0.2) is 0 Å². The molecule has 0 fully saturated rings.